The van der Waals surface area contributed by atoms with E-state index in [1.165, 1.54) is 11.1 Å². The van der Waals surface area contributed by atoms with Gasteiger partial charge in [0.15, 0.2) is 0 Å². The zero-order valence-corrected chi connectivity index (χ0v) is 7.90. The Morgan fingerprint density at radius 2 is 1.83 bits per heavy atom. The molecule has 1 heterocycles. The Hall–Kier alpha value is -1.02. The summed E-state index contributed by atoms with van der Waals surface area (Å²) < 4.78 is 0. The maximum atomic E-state index is 4.17. The van der Waals surface area contributed by atoms with E-state index >= 15 is 0 Å². The minimum atomic E-state index is 0. The van der Waals surface area contributed by atoms with E-state index in [0.29, 0.717) is 0 Å². The molecule has 2 rings (SSSR count). The van der Waals surface area contributed by atoms with E-state index in [-0.39, 0.29) is 12.4 Å². The molecule has 0 atom stereocenters. The van der Waals surface area contributed by atoms with Crippen LogP contribution in [-0.4, -0.2) is 9.97 Å². The molecule has 0 amide bonds. The summed E-state index contributed by atoms with van der Waals surface area (Å²) in [6, 6.07) is 4.22. The summed E-state index contributed by atoms with van der Waals surface area (Å²) in [7, 11) is 0. The maximum absolute atomic E-state index is 4.17. The molecule has 0 radical (unpaired) electrons. The number of aryl methyl sites for hydroxylation is 2. The summed E-state index contributed by atoms with van der Waals surface area (Å²) in [5, 5.41) is 0. The van der Waals surface area contributed by atoms with Crippen molar-refractivity contribution in [3.8, 4) is 0 Å². The Bertz CT molecular complexity index is 356. The van der Waals surface area contributed by atoms with Crippen LogP contribution in [0.5, 0.6) is 0 Å². The van der Waals surface area contributed by atoms with Gasteiger partial charge in [-0.2, -0.15) is 0 Å². The number of hydrogen-bond acceptors (Lipinski definition) is 1. The average molecular weight is 183 g/mol. The van der Waals surface area contributed by atoms with Crippen LogP contribution < -0.4 is 0 Å². The standard InChI is InChI=1S/C9H10N2.ClH/c1-6-3-8-9(4-7(6)2)11-5-10-8;/h3-5H,1-2H3,(H,10,11);1H. The molecule has 2 aromatic rings. The molecule has 1 N–H and O–H groups in total. The van der Waals surface area contributed by atoms with E-state index in [1.54, 1.807) is 6.33 Å². The van der Waals surface area contributed by atoms with Crippen LogP contribution in [0.4, 0.5) is 0 Å². The lowest BCUT2D eigenvalue weighted by atomic mass is 10.1. The van der Waals surface area contributed by atoms with Crippen molar-refractivity contribution in [3.63, 3.8) is 0 Å². The summed E-state index contributed by atoms with van der Waals surface area (Å²) in [5.41, 5.74) is 4.77. The first-order valence-electron chi connectivity index (χ1n) is 3.68. The molecule has 2 nitrogen and oxygen atoms in total. The Morgan fingerprint density at radius 1 is 1.17 bits per heavy atom. The Morgan fingerprint density at radius 3 is 2.58 bits per heavy atom. The monoisotopic (exact) mass is 182 g/mol. The second-order valence-electron chi connectivity index (χ2n) is 2.86. The van der Waals surface area contributed by atoms with Gasteiger partial charge in [-0.05, 0) is 37.1 Å². The van der Waals surface area contributed by atoms with Gasteiger partial charge in [0.05, 0.1) is 17.4 Å². The third-order valence-corrected chi connectivity index (χ3v) is 2.04. The zero-order chi connectivity index (χ0) is 7.84. The number of hydrogen-bond donors (Lipinski definition) is 1. The van der Waals surface area contributed by atoms with Gasteiger partial charge in [-0.1, -0.05) is 0 Å². The Kier molecular flexibility index (Phi) is 2.38. The predicted octanol–water partition coefficient (Wildman–Crippen LogP) is 2.60. The molecule has 1 aromatic carbocycles. The highest BCUT2D eigenvalue weighted by Gasteiger charge is 1.97. The molecular formula is C9H11ClN2. The van der Waals surface area contributed by atoms with Gasteiger partial charge in [-0.25, -0.2) is 4.98 Å². The second kappa shape index (κ2) is 3.15. The number of aromatic nitrogens is 2. The molecule has 0 aliphatic rings. The summed E-state index contributed by atoms with van der Waals surface area (Å²) >= 11 is 0. The number of fused-ring (bicyclic) bond motifs is 1. The van der Waals surface area contributed by atoms with Crippen LogP contribution in [0.15, 0.2) is 18.5 Å². The van der Waals surface area contributed by atoms with Crippen LogP contribution in [0.25, 0.3) is 11.0 Å². The second-order valence-corrected chi connectivity index (χ2v) is 2.86. The molecule has 64 valence electrons. The van der Waals surface area contributed by atoms with Gasteiger partial charge >= 0.3 is 0 Å². The largest absolute Gasteiger partial charge is 0.345 e. The smallest absolute Gasteiger partial charge is 0.0931 e. The van der Waals surface area contributed by atoms with Gasteiger partial charge < -0.3 is 4.98 Å². The van der Waals surface area contributed by atoms with Crippen LogP contribution in [0, 0.1) is 13.8 Å². The fourth-order valence-electron chi connectivity index (χ4n) is 1.19. The number of benzene rings is 1. The number of halogens is 1. The number of aromatic amines is 1. The summed E-state index contributed by atoms with van der Waals surface area (Å²) in [4.78, 5) is 7.24. The first-order valence-corrected chi connectivity index (χ1v) is 3.68. The highest BCUT2D eigenvalue weighted by molar-refractivity contribution is 5.85. The fourth-order valence-corrected chi connectivity index (χ4v) is 1.19. The first-order chi connectivity index (χ1) is 5.27. The van der Waals surface area contributed by atoms with E-state index < -0.39 is 0 Å². The maximum Gasteiger partial charge on any atom is 0.0931 e. The molecular weight excluding hydrogens is 172 g/mol. The number of rotatable bonds is 0. The van der Waals surface area contributed by atoms with Crippen LogP contribution in [-0.2, 0) is 0 Å². The number of H-pyrrole nitrogens is 1. The van der Waals surface area contributed by atoms with E-state index in [2.05, 4.69) is 35.9 Å². The van der Waals surface area contributed by atoms with Crippen molar-refractivity contribution in [2.45, 2.75) is 13.8 Å². The quantitative estimate of drug-likeness (QED) is 0.667. The summed E-state index contributed by atoms with van der Waals surface area (Å²) in [6.45, 7) is 4.21. The SMILES string of the molecule is Cc1cc2nc[nH]c2cc1C.Cl. The summed E-state index contributed by atoms with van der Waals surface area (Å²) in [5.74, 6) is 0. The Balaban J connectivity index is 0.000000720. The highest BCUT2D eigenvalue weighted by atomic mass is 35.5. The van der Waals surface area contributed by atoms with Crippen LogP contribution >= 0.6 is 12.4 Å². The van der Waals surface area contributed by atoms with Crippen molar-refractivity contribution < 1.29 is 0 Å². The van der Waals surface area contributed by atoms with Crippen molar-refractivity contribution in [2.24, 2.45) is 0 Å². The topological polar surface area (TPSA) is 28.7 Å². The van der Waals surface area contributed by atoms with Crippen molar-refractivity contribution in [2.75, 3.05) is 0 Å². The van der Waals surface area contributed by atoms with Crippen molar-refractivity contribution in [3.05, 3.63) is 29.6 Å². The first kappa shape index (κ1) is 9.07. The molecule has 0 aliphatic carbocycles. The van der Waals surface area contributed by atoms with Crippen molar-refractivity contribution >= 4 is 23.4 Å². The molecule has 1 aromatic heterocycles. The molecule has 0 saturated carbocycles. The highest BCUT2D eigenvalue weighted by Crippen LogP contribution is 2.14. The molecule has 0 bridgehead atoms. The average Bonchev–Trinajstić information content (AvgIpc) is 2.36. The van der Waals surface area contributed by atoms with Crippen LogP contribution in [0.3, 0.4) is 0 Å². The minimum Gasteiger partial charge on any atom is -0.345 e. The van der Waals surface area contributed by atoms with Crippen molar-refractivity contribution in [1.82, 2.24) is 9.97 Å². The van der Waals surface area contributed by atoms with Gasteiger partial charge in [-0.15, -0.1) is 12.4 Å². The van der Waals surface area contributed by atoms with Gasteiger partial charge in [0.25, 0.3) is 0 Å². The summed E-state index contributed by atoms with van der Waals surface area (Å²) in [6.07, 6.45) is 1.73. The minimum absolute atomic E-state index is 0. The van der Waals surface area contributed by atoms with Crippen LogP contribution in [0.1, 0.15) is 11.1 Å². The molecule has 0 fully saturated rings. The lowest BCUT2D eigenvalue weighted by Gasteiger charge is -1.97. The molecule has 0 aliphatic heterocycles. The van der Waals surface area contributed by atoms with Gasteiger partial charge in [0.1, 0.15) is 0 Å². The zero-order valence-electron chi connectivity index (χ0n) is 7.09. The number of nitrogens with zero attached hydrogens (tertiary/aromatic N) is 1. The van der Waals surface area contributed by atoms with E-state index in [0.717, 1.165) is 11.0 Å². The molecule has 0 unspecified atom stereocenters. The Labute approximate surface area is 77.4 Å². The molecule has 0 saturated heterocycles. The third-order valence-electron chi connectivity index (χ3n) is 2.04. The van der Waals surface area contributed by atoms with Crippen molar-refractivity contribution in [1.29, 1.82) is 0 Å². The lowest BCUT2D eigenvalue weighted by molar-refractivity contribution is 1.34. The number of imidazole rings is 1. The molecule has 0 spiro atoms. The van der Waals surface area contributed by atoms with E-state index in [4.69, 9.17) is 0 Å². The normalized spacial score (nSPS) is 9.83. The third kappa shape index (κ3) is 1.30. The van der Waals surface area contributed by atoms with E-state index in [9.17, 15) is 0 Å². The fraction of sp³-hybridized carbons (Fsp3) is 0.222. The molecule has 3 heteroatoms. The van der Waals surface area contributed by atoms with Crippen LogP contribution in [0.2, 0.25) is 0 Å². The predicted molar refractivity (Wildman–Crippen MR) is 52.8 cm³/mol. The number of nitrogens with one attached hydrogen (secondary N) is 1. The van der Waals surface area contributed by atoms with Gasteiger partial charge in [0, 0.05) is 0 Å². The molecule has 12 heavy (non-hydrogen) atoms. The van der Waals surface area contributed by atoms with Gasteiger partial charge in [-0.3, -0.25) is 0 Å². The lowest BCUT2D eigenvalue weighted by Crippen LogP contribution is -1.79. The van der Waals surface area contributed by atoms with Gasteiger partial charge in [0.2, 0.25) is 0 Å². The van der Waals surface area contributed by atoms with E-state index in [1.807, 2.05) is 0 Å².